The van der Waals surface area contributed by atoms with Crippen LogP contribution in [0.4, 0.5) is 0 Å². The maximum atomic E-state index is 13.4. The van der Waals surface area contributed by atoms with Gasteiger partial charge in [-0.15, -0.1) is 0 Å². The molecular weight excluding hydrogens is 368 g/mol. The Balaban J connectivity index is 2.11. The molecule has 0 aromatic heterocycles. The summed E-state index contributed by atoms with van der Waals surface area (Å²) < 4.78 is 0. The van der Waals surface area contributed by atoms with Gasteiger partial charge in [-0.05, 0) is 50.5 Å². The fourth-order valence-corrected chi connectivity index (χ4v) is 4.61. The second kappa shape index (κ2) is 10.4. The van der Waals surface area contributed by atoms with Gasteiger partial charge < -0.3 is 15.5 Å². The van der Waals surface area contributed by atoms with Crippen LogP contribution in [0.25, 0.3) is 0 Å². The molecule has 7 nitrogen and oxygen atoms in total. The summed E-state index contributed by atoms with van der Waals surface area (Å²) in [5.41, 5.74) is 5.32. The van der Waals surface area contributed by atoms with E-state index >= 15 is 0 Å². The predicted octanol–water partition coefficient (Wildman–Crippen LogP) is 1.70. The van der Waals surface area contributed by atoms with Gasteiger partial charge >= 0.3 is 0 Å². The van der Waals surface area contributed by atoms with Gasteiger partial charge in [0.25, 0.3) is 0 Å². The SMILES string of the molecule is CC(C)CC1C(=O)N(C(CC(C)C)C(=O)N2CCC(CC(N)=O)CC2)CCN1C. The van der Waals surface area contributed by atoms with E-state index in [0.717, 1.165) is 25.8 Å². The number of hydrogen-bond acceptors (Lipinski definition) is 4. The third-order valence-corrected chi connectivity index (χ3v) is 6.26. The Hall–Kier alpha value is -1.63. The lowest BCUT2D eigenvalue weighted by molar-refractivity contribution is -0.154. The molecule has 2 unspecified atom stereocenters. The first-order valence-corrected chi connectivity index (χ1v) is 11.2. The molecule has 29 heavy (non-hydrogen) atoms. The molecule has 0 saturated carbocycles. The van der Waals surface area contributed by atoms with Crippen molar-refractivity contribution in [2.24, 2.45) is 23.5 Å². The highest BCUT2D eigenvalue weighted by Gasteiger charge is 2.41. The monoisotopic (exact) mass is 408 g/mol. The summed E-state index contributed by atoms with van der Waals surface area (Å²) in [6, 6.07) is -0.536. The van der Waals surface area contributed by atoms with Gasteiger partial charge in [-0.1, -0.05) is 27.7 Å². The topological polar surface area (TPSA) is 87.0 Å². The minimum atomic E-state index is -0.390. The highest BCUT2D eigenvalue weighted by atomic mass is 16.2. The van der Waals surface area contributed by atoms with Crippen molar-refractivity contribution in [1.82, 2.24) is 14.7 Å². The number of carbonyl (C=O) groups is 3. The second-order valence-electron chi connectivity index (χ2n) is 9.74. The molecular formula is C22H40N4O3. The molecule has 0 aromatic carbocycles. The quantitative estimate of drug-likeness (QED) is 0.662. The van der Waals surface area contributed by atoms with Crippen LogP contribution < -0.4 is 5.73 Å². The number of likely N-dealkylation sites (tertiary alicyclic amines) is 1. The lowest BCUT2D eigenvalue weighted by Gasteiger charge is -2.44. The van der Waals surface area contributed by atoms with Gasteiger partial charge in [0.2, 0.25) is 17.7 Å². The predicted molar refractivity (Wildman–Crippen MR) is 114 cm³/mol. The summed E-state index contributed by atoms with van der Waals surface area (Å²) >= 11 is 0. The van der Waals surface area contributed by atoms with Crippen molar-refractivity contribution in [3.05, 3.63) is 0 Å². The average Bonchev–Trinajstić information content (AvgIpc) is 2.63. The molecule has 2 N–H and O–H groups in total. The summed E-state index contributed by atoms with van der Waals surface area (Å²) in [5.74, 6) is 0.905. The van der Waals surface area contributed by atoms with Crippen LogP contribution in [-0.4, -0.2) is 77.7 Å². The fraction of sp³-hybridized carbons (Fsp3) is 0.864. The van der Waals surface area contributed by atoms with E-state index in [4.69, 9.17) is 5.73 Å². The van der Waals surface area contributed by atoms with Crippen LogP contribution >= 0.6 is 0 Å². The summed E-state index contributed by atoms with van der Waals surface area (Å²) in [6.07, 6.45) is 3.49. The summed E-state index contributed by atoms with van der Waals surface area (Å²) in [7, 11) is 2.01. The van der Waals surface area contributed by atoms with E-state index in [1.807, 2.05) is 16.8 Å². The number of carbonyl (C=O) groups excluding carboxylic acids is 3. The van der Waals surface area contributed by atoms with Crippen molar-refractivity contribution in [2.45, 2.75) is 71.9 Å². The first-order valence-electron chi connectivity index (χ1n) is 11.2. The molecule has 0 radical (unpaired) electrons. The fourth-order valence-electron chi connectivity index (χ4n) is 4.61. The van der Waals surface area contributed by atoms with Crippen molar-refractivity contribution < 1.29 is 14.4 Å². The smallest absolute Gasteiger partial charge is 0.245 e. The zero-order chi connectivity index (χ0) is 21.7. The van der Waals surface area contributed by atoms with Gasteiger partial charge in [-0.25, -0.2) is 0 Å². The number of likely N-dealkylation sites (N-methyl/N-ethyl adjacent to an activating group) is 1. The van der Waals surface area contributed by atoms with E-state index in [0.29, 0.717) is 44.3 Å². The molecule has 2 heterocycles. The van der Waals surface area contributed by atoms with Crippen molar-refractivity contribution in [3.63, 3.8) is 0 Å². The van der Waals surface area contributed by atoms with Gasteiger partial charge in [0.05, 0.1) is 6.04 Å². The van der Waals surface area contributed by atoms with Gasteiger partial charge in [-0.2, -0.15) is 0 Å². The van der Waals surface area contributed by atoms with Gasteiger partial charge in [0, 0.05) is 32.6 Å². The van der Waals surface area contributed by atoms with Crippen LogP contribution in [0.1, 0.15) is 59.8 Å². The van der Waals surface area contributed by atoms with Crippen molar-refractivity contribution in [1.29, 1.82) is 0 Å². The van der Waals surface area contributed by atoms with E-state index in [1.165, 1.54) is 0 Å². The van der Waals surface area contributed by atoms with E-state index in [2.05, 4.69) is 32.6 Å². The zero-order valence-electron chi connectivity index (χ0n) is 18.9. The summed E-state index contributed by atoms with van der Waals surface area (Å²) in [4.78, 5) is 43.8. The highest BCUT2D eigenvalue weighted by molar-refractivity contribution is 5.90. The zero-order valence-corrected chi connectivity index (χ0v) is 18.9. The van der Waals surface area contributed by atoms with E-state index in [9.17, 15) is 14.4 Å². The van der Waals surface area contributed by atoms with Crippen LogP contribution in [0, 0.1) is 17.8 Å². The Kier molecular flexibility index (Phi) is 8.49. The minimum Gasteiger partial charge on any atom is -0.370 e. The van der Waals surface area contributed by atoms with Crippen molar-refractivity contribution in [3.8, 4) is 0 Å². The van der Waals surface area contributed by atoms with Crippen LogP contribution in [0.2, 0.25) is 0 Å². The van der Waals surface area contributed by atoms with Crippen LogP contribution in [-0.2, 0) is 14.4 Å². The van der Waals surface area contributed by atoms with Crippen LogP contribution in [0.3, 0.4) is 0 Å². The van der Waals surface area contributed by atoms with Crippen molar-refractivity contribution >= 4 is 17.7 Å². The molecule has 166 valence electrons. The lowest BCUT2D eigenvalue weighted by atomic mass is 9.91. The standard InChI is InChI=1S/C22H40N4O3/c1-15(2)12-18-22(29)26(11-10-24(18)5)19(13-16(3)4)21(28)25-8-6-17(7-9-25)14-20(23)27/h15-19H,6-14H2,1-5H3,(H2,23,27). The Bertz CT molecular complexity index is 585. The van der Waals surface area contributed by atoms with Gasteiger partial charge in [0.15, 0.2) is 0 Å². The first-order chi connectivity index (χ1) is 13.6. The molecule has 2 atom stereocenters. The average molecular weight is 409 g/mol. The van der Waals surface area contributed by atoms with E-state index in [1.54, 1.807) is 0 Å². The summed E-state index contributed by atoms with van der Waals surface area (Å²) in [5, 5.41) is 0. The normalized spacial score (nSPS) is 23.1. The third-order valence-electron chi connectivity index (χ3n) is 6.26. The molecule has 2 aliphatic heterocycles. The third kappa shape index (κ3) is 6.43. The van der Waals surface area contributed by atoms with Crippen LogP contribution in [0.5, 0.6) is 0 Å². The maximum Gasteiger partial charge on any atom is 0.245 e. The number of piperazine rings is 1. The number of nitrogens with zero attached hydrogens (tertiary/aromatic N) is 3. The van der Waals surface area contributed by atoms with E-state index in [-0.39, 0.29) is 29.7 Å². The molecule has 0 bridgehead atoms. The number of primary amides is 1. The lowest BCUT2D eigenvalue weighted by Crippen LogP contribution is -2.62. The van der Waals surface area contributed by atoms with E-state index < -0.39 is 6.04 Å². The Morgan fingerprint density at radius 2 is 1.66 bits per heavy atom. The van der Waals surface area contributed by atoms with Gasteiger partial charge in [0.1, 0.15) is 6.04 Å². The maximum absolute atomic E-state index is 13.4. The second-order valence-corrected chi connectivity index (χ2v) is 9.74. The number of amides is 3. The van der Waals surface area contributed by atoms with Crippen molar-refractivity contribution in [2.75, 3.05) is 33.2 Å². The summed E-state index contributed by atoms with van der Waals surface area (Å²) in [6.45, 7) is 11.2. The Morgan fingerprint density at radius 1 is 1.03 bits per heavy atom. The number of nitrogens with two attached hydrogens (primary N) is 1. The molecule has 2 rings (SSSR count). The number of rotatable bonds is 8. The molecule has 0 spiro atoms. The minimum absolute atomic E-state index is 0.0671. The number of piperidine rings is 1. The molecule has 3 amide bonds. The molecule has 0 aromatic rings. The largest absolute Gasteiger partial charge is 0.370 e. The molecule has 7 heteroatoms. The van der Waals surface area contributed by atoms with Crippen LogP contribution in [0.15, 0.2) is 0 Å². The molecule has 2 aliphatic rings. The molecule has 2 fully saturated rings. The number of hydrogen-bond donors (Lipinski definition) is 1. The molecule has 0 aliphatic carbocycles. The first kappa shape index (κ1) is 23.6. The Labute approximate surface area is 175 Å². The van der Waals surface area contributed by atoms with Gasteiger partial charge in [-0.3, -0.25) is 19.3 Å². The molecule has 2 saturated heterocycles. The highest BCUT2D eigenvalue weighted by Crippen LogP contribution is 2.26. The Morgan fingerprint density at radius 3 is 2.17 bits per heavy atom.